The first-order valence-corrected chi connectivity index (χ1v) is 8.15. The van der Waals surface area contributed by atoms with E-state index < -0.39 is 0 Å². The van der Waals surface area contributed by atoms with E-state index in [4.69, 9.17) is 25.2 Å². The summed E-state index contributed by atoms with van der Waals surface area (Å²) in [7, 11) is 1.53. The molecule has 1 amide bonds. The van der Waals surface area contributed by atoms with E-state index in [1.54, 1.807) is 35.4 Å². The molecule has 0 aliphatic rings. The lowest BCUT2D eigenvalue weighted by atomic mass is 10.1. The summed E-state index contributed by atoms with van der Waals surface area (Å²) in [4.78, 5) is 14.6. The van der Waals surface area contributed by atoms with E-state index in [1.165, 1.54) is 7.11 Å². The van der Waals surface area contributed by atoms with E-state index in [9.17, 15) is 4.79 Å². The van der Waals surface area contributed by atoms with Gasteiger partial charge in [0.2, 0.25) is 0 Å². The molecule has 3 aromatic rings. The molecule has 0 aliphatic heterocycles. The van der Waals surface area contributed by atoms with Gasteiger partial charge in [-0.1, -0.05) is 11.6 Å². The van der Waals surface area contributed by atoms with E-state index in [-0.39, 0.29) is 5.91 Å². The zero-order valence-corrected chi connectivity index (χ0v) is 14.7. The molecule has 0 bridgehead atoms. The first-order valence-electron chi connectivity index (χ1n) is 7.77. The second-order valence-electron chi connectivity index (χ2n) is 5.60. The molecular weight excluding hydrogens is 342 g/mol. The maximum atomic E-state index is 13.0. The fraction of sp³-hybridized carbons (Fsp3) is 0.211. The van der Waals surface area contributed by atoms with Crippen molar-refractivity contribution >= 4 is 17.5 Å². The molecule has 2 heterocycles. The van der Waals surface area contributed by atoms with Crippen molar-refractivity contribution in [3.63, 3.8) is 0 Å². The van der Waals surface area contributed by atoms with Gasteiger partial charge < -0.3 is 18.5 Å². The Morgan fingerprint density at radius 3 is 2.56 bits per heavy atom. The first kappa shape index (κ1) is 17.2. The van der Waals surface area contributed by atoms with Gasteiger partial charge in [0.05, 0.1) is 31.5 Å². The van der Waals surface area contributed by atoms with E-state index >= 15 is 0 Å². The van der Waals surface area contributed by atoms with Crippen molar-refractivity contribution < 1.29 is 18.4 Å². The fourth-order valence-corrected chi connectivity index (χ4v) is 2.79. The van der Waals surface area contributed by atoms with E-state index in [0.29, 0.717) is 40.9 Å². The Morgan fingerprint density at radius 2 is 1.96 bits per heavy atom. The second kappa shape index (κ2) is 7.49. The van der Waals surface area contributed by atoms with Crippen molar-refractivity contribution in [3.05, 3.63) is 76.6 Å². The fourth-order valence-electron chi connectivity index (χ4n) is 2.53. The number of rotatable bonds is 6. The Morgan fingerprint density at radius 1 is 1.16 bits per heavy atom. The molecule has 3 rings (SSSR count). The number of nitrogens with zero attached hydrogens (tertiary/aromatic N) is 1. The number of halogens is 1. The molecule has 0 spiro atoms. The highest BCUT2D eigenvalue weighted by molar-refractivity contribution is 6.32. The summed E-state index contributed by atoms with van der Waals surface area (Å²) in [5, 5.41) is 0.389. The SMILES string of the molecule is COc1ccc(C(=O)N(Cc2ccco2)Cc2ccc(C)o2)cc1Cl. The van der Waals surface area contributed by atoms with Gasteiger partial charge in [0.15, 0.2) is 0 Å². The van der Waals surface area contributed by atoms with Crippen LogP contribution in [-0.4, -0.2) is 17.9 Å². The van der Waals surface area contributed by atoms with Gasteiger partial charge in [0.1, 0.15) is 23.0 Å². The number of aryl methyl sites for hydroxylation is 1. The average molecular weight is 360 g/mol. The number of carbonyl (C=O) groups excluding carboxylic acids is 1. The van der Waals surface area contributed by atoms with E-state index in [1.807, 2.05) is 25.1 Å². The van der Waals surface area contributed by atoms with Crippen LogP contribution >= 0.6 is 11.6 Å². The summed E-state index contributed by atoms with van der Waals surface area (Å²) in [5.41, 5.74) is 0.473. The minimum absolute atomic E-state index is 0.171. The predicted octanol–water partition coefficient (Wildman–Crippen LogP) is 4.69. The highest BCUT2D eigenvalue weighted by Crippen LogP contribution is 2.26. The minimum atomic E-state index is -0.171. The zero-order chi connectivity index (χ0) is 17.8. The van der Waals surface area contributed by atoms with Crippen molar-refractivity contribution in [1.82, 2.24) is 4.90 Å². The van der Waals surface area contributed by atoms with Gasteiger partial charge in [0.25, 0.3) is 5.91 Å². The van der Waals surface area contributed by atoms with Gasteiger partial charge in [-0.2, -0.15) is 0 Å². The number of amides is 1. The van der Waals surface area contributed by atoms with Gasteiger partial charge in [-0.25, -0.2) is 0 Å². The molecule has 1 aromatic carbocycles. The quantitative estimate of drug-likeness (QED) is 0.641. The summed E-state index contributed by atoms with van der Waals surface area (Å²) in [6.45, 7) is 2.53. The second-order valence-corrected chi connectivity index (χ2v) is 6.01. The van der Waals surface area contributed by atoms with Crippen LogP contribution < -0.4 is 4.74 Å². The lowest BCUT2D eigenvalue weighted by molar-refractivity contribution is 0.0704. The first-order chi connectivity index (χ1) is 12.1. The monoisotopic (exact) mass is 359 g/mol. The molecule has 130 valence electrons. The molecule has 0 radical (unpaired) electrons. The molecular formula is C19H18ClNO4. The number of methoxy groups -OCH3 is 1. The van der Waals surface area contributed by atoms with Crippen LogP contribution in [0.5, 0.6) is 5.75 Å². The summed E-state index contributed by atoms with van der Waals surface area (Å²) in [5.74, 6) is 2.55. The third-order valence-corrected chi connectivity index (χ3v) is 4.05. The van der Waals surface area contributed by atoms with Crippen LogP contribution in [0, 0.1) is 6.92 Å². The molecule has 0 atom stereocenters. The molecule has 0 N–H and O–H groups in total. The topological polar surface area (TPSA) is 55.8 Å². The van der Waals surface area contributed by atoms with Gasteiger partial charge >= 0.3 is 0 Å². The summed E-state index contributed by atoms with van der Waals surface area (Å²) < 4.78 is 16.1. The third kappa shape index (κ3) is 4.06. The Kier molecular flexibility index (Phi) is 5.14. The van der Waals surface area contributed by atoms with Gasteiger partial charge in [0, 0.05) is 5.56 Å². The van der Waals surface area contributed by atoms with Crippen molar-refractivity contribution in [1.29, 1.82) is 0 Å². The standard InChI is InChI=1S/C19H18ClNO4/c1-13-5-7-16(25-13)12-21(11-15-4-3-9-24-15)19(22)14-6-8-18(23-2)17(20)10-14/h3-10H,11-12H2,1-2H3. The van der Waals surface area contributed by atoms with Crippen molar-refractivity contribution in [2.24, 2.45) is 0 Å². The lowest BCUT2D eigenvalue weighted by Gasteiger charge is -2.21. The number of ether oxygens (including phenoxy) is 1. The number of hydrogen-bond acceptors (Lipinski definition) is 4. The molecule has 5 nitrogen and oxygen atoms in total. The number of hydrogen-bond donors (Lipinski definition) is 0. The van der Waals surface area contributed by atoms with E-state index in [0.717, 1.165) is 5.76 Å². The molecule has 25 heavy (non-hydrogen) atoms. The molecule has 6 heteroatoms. The number of carbonyl (C=O) groups is 1. The van der Waals surface area contributed by atoms with Crippen LogP contribution in [0.1, 0.15) is 27.6 Å². The molecule has 0 saturated carbocycles. The largest absolute Gasteiger partial charge is 0.495 e. The van der Waals surface area contributed by atoms with Gasteiger partial charge in [-0.05, 0) is 49.4 Å². The van der Waals surface area contributed by atoms with Crippen molar-refractivity contribution in [2.45, 2.75) is 20.0 Å². The van der Waals surface area contributed by atoms with Crippen LogP contribution in [0.15, 0.2) is 57.6 Å². The van der Waals surface area contributed by atoms with Crippen LogP contribution in [0.3, 0.4) is 0 Å². The van der Waals surface area contributed by atoms with Gasteiger partial charge in [-0.3, -0.25) is 4.79 Å². The van der Waals surface area contributed by atoms with E-state index in [2.05, 4.69) is 0 Å². The molecule has 0 saturated heterocycles. The summed E-state index contributed by atoms with van der Waals surface area (Å²) >= 11 is 6.15. The van der Waals surface area contributed by atoms with Crippen LogP contribution in [0.4, 0.5) is 0 Å². The summed E-state index contributed by atoms with van der Waals surface area (Å²) in [6, 6.07) is 12.3. The van der Waals surface area contributed by atoms with Gasteiger partial charge in [-0.15, -0.1) is 0 Å². The maximum absolute atomic E-state index is 13.0. The Hall–Kier alpha value is -2.66. The molecule has 0 aliphatic carbocycles. The van der Waals surface area contributed by atoms with Crippen LogP contribution in [0.2, 0.25) is 5.02 Å². The number of furan rings is 2. The Balaban J connectivity index is 1.86. The predicted molar refractivity (Wildman–Crippen MR) is 93.7 cm³/mol. The third-order valence-electron chi connectivity index (χ3n) is 3.76. The van der Waals surface area contributed by atoms with Crippen LogP contribution in [0.25, 0.3) is 0 Å². The Labute approximate surface area is 150 Å². The smallest absolute Gasteiger partial charge is 0.254 e. The Bertz CT molecular complexity index is 854. The van der Waals surface area contributed by atoms with Crippen LogP contribution in [-0.2, 0) is 13.1 Å². The highest BCUT2D eigenvalue weighted by Gasteiger charge is 2.20. The molecule has 0 fully saturated rings. The molecule has 0 unspecified atom stereocenters. The van der Waals surface area contributed by atoms with Crippen molar-refractivity contribution in [3.8, 4) is 5.75 Å². The highest BCUT2D eigenvalue weighted by atomic mass is 35.5. The average Bonchev–Trinajstić information content (AvgIpc) is 3.25. The number of benzene rings is 1. The molecule has 2 aromatic heterocycles. The normalized spacial score (nSPS) is 10.7. The zero-order valence-electron chi connectivity index (χ0n) is 14.0. The van der Waals surface area contributed by atoms with Crippen molar-refractivity contribution in [2.75, 3.05) is 7.11 Å². The summed E-state index contributed by atoms with van der Waals surface area (Å²) in [6.07, 6.45) is 1.58. The minimum Gasteiger partial charge on any atom is -0.495 e. The maximum Gasteiger partial charge on any atom is 0.254 e. The lowest BCUT2D eigenvalue weighted by Crippen LogP contribution is -2.29.